The Morgan fingerprint density at radius 2 is 1.92 bits per heavy atom. The third-order valence-electron chi connectivity index (χ3n) is 7.71. The van der Waals surface area contributed by atoms with Crippen LogP contribution in [0.4, 0.5) is 11.8 Å². The van der Waals surface area contributed by atoms with E-state index in [1.54, 1.807) is 13.3 Å². The second-order valence-electron chi connectivity index (χ2n) is 10.3. The fraction of sp³-hybridized carbons (Fsp3) is 0.615. The van der Waals surface area contributed by atoms with Crippen LogP contribution in [0, 0.1) is 0 Å². The van der Waals surface area contributed by atoms with E-state index in [0.717, 1.165) is 62.2 Å². The molecule has 5 heterocycles. The molecule has 0 aromatic carbocycles. The highest BCUT2D eigenvalue weighted by Crippen LogP contribution is 2.32. The summed E-state index contributed by atoms with van der Waals surface area (Å²) in [4.78, 5) is 18.5. The van der Waals surface area contributed by atoms with E-state index in [1.807, 2.05) is 10.9 Å². The van der Waals surface area contributed by atoms with Gasteiger partial charge in [0.15, 0.2) is 5.82 Å². The number of anilines is 2. The molecule has 38 heavy (non-hydrogen) atoms. The zero-order valence-electron chi connectivity index (χ0n) is 22.3. The number of nitrogens with zero attached hydrogens (tertiary/aromatic N) is 7. The SMILES string of the molecule is CCC[C@@H](CCO)Nc1nc(N)nc2cnn(Cc3ncc(CN4C[C@H]5C[C@@H]4CN5CCO)cc3OC)c12. The van der Waals surface area contributed by atoms with Crippen LogP contribution in [0.15, 0.2) is 18.5 Å². The number of aromatic nitrogens is 5. The fourth-order valence-electron chi connectivity index (χ4n) is 5.92. The molecule has 5 N–H and O–H groups in total. The van der Waals surface area contributed by atoms with Crippen molar-refractivity contribution < 1.29 is 14.9 Å². The number of pyridine rings is 1. The number of rotatable bonds is 13. The van der Waals surface area contributed by atoms with Gasteiger partial charge < -0.3 is 26.0 Å². The first-order chi connectivity index (χ1) is 18.5. The first-order valence-corrected chi connectivity index (χ1v) is 13.5. The molecule has 2 bridgehead atoms. The summed E-state index contributed by atoms with van der Waals surface area (Å²) in [5, 5.41) is 26.8. The topological polar surface area (TPSA) is 151 Å². The molecule has 3 atom stereocenters. The summed E-state index contributed by atoms with van der Waals surface area (Å²) >= 11 is 0. The van der Waals surface area contributed by atoms with Gasteiger partial charge in [0, 0.05) is 57.1 Å². The van der Waals surface area contributed by atoms with Crippen LogP contribution in [-0.2, 0) is 13.1 Å². The van der Waals surface area contributed by atoms with Crippen LogP contribution >= 0.6 is 0 Å². The van der Waals surface area contributed by atoms with Crippen LogP contribution in [0.25, 0.3) is 11.0 Å². The number of methoxy groups -OCH3 is 1. The Kier molecular flexibility index (Phi) is 8.22. The maximum atomic E-state index is 9.50. The lowest BCUT2D eigenvalue weighted by atomic mass is 10.1. The molecule has 2 saturated heterocycles. The molecule has 0 amide bonds. The fourth-order valence-corrected chi connectivity index (χ4v) is 5.92. The molecule has 2 aliphatic rings. The summed E-state index contributed by atoms with van der Waals surface area (Å²) < 4.78 is 7.57. The van der Waals surface area contributed by atoms with Gasteiger partial charge in [-0.3, -0.25) is 19.5 Å². The van der Waals surface area contributed by atoms with Crippen LogP contribution in [0.2, 0.25) is 0 Å². The predicted molar refractivity (Wildman–Crippen MR) is 145 cm³/mol. The van der Waals surface area contributed by atoms with Crippen LogP contribution in [-0.4, -0.2) is 103 Å². The van der Waals surface area contributed by atoms with E-state index >= 15 is 0 Å². The number of nitrogens with one attached hydrogen (secondary N) is 1. The Bertz CT molecular complexity index is 1230. The smallest absolute Gasteiger partial charge is 0.222 e. The molecular formula is C26H39N9O3. The van der Waals surface area contributed by atoms with Crippen LogP contribution in [0.1, 0.15) is 43.9 Å². The molecule has 206 valence electrons. The molecule has 3 aromatic heterocycles. The molecule has 5 rings (SSSR count). The van der Waals surface area contributed by atoms with Crippen molar-refractivity contribution in [1.82, 2.24) is 34.5 Å². The van der Waals surface area contributed by atoms with Gasteiger partial charge in [-0.05, 0) is 30.9 Å². The molecule has 12 heteroatoms. The van der Waals surface area contributed by atoms with Crippen molar-refractivity contribution in [3.8, 4) is 5.75 Å². The average Bonchev–Trinajstić information content (AvgIpc) is 3.60. The summed E-state index contributed by atoms with van der Waals surface area (Å²) in [6.07, 6.45) is 7.26. The molecule has 2 aliphatic heterocycles. The Labute approximate surface area is 222 Å². The number of nitrogen functional groups attached to an aromatic ring is 1. The van der Waals surface area contributed by atoms with Crippen molar-refractivity contribution in [2.45, 2.75) is 63.8 Å². The second-order valence-corrected chi connectivity index (χ2v) is 10.3. The van der Waals surface area contributed by atoms with Gasteiger partial charge in [0.1, 0.15) is 22.5 Å². The Morgan fingerprint density at radius 3 is 2.63 bits per heavy atom. The summed E-state index contributed by atoms with van der Waals surface area (Å²) in [5.74, 6) is 1.49. The number of nitrogens with two attached hydrogens (primary N) is 1. The molecule has 0 spiro atoms. The van der Waals surface area contributed by atoms with Gasteiger partial charge >= 0.3 is 0 Å². The summed E-state index contributed by atoms with van der Waals surface area (Å²) in [6.45, 7) is 6.43. The minimum absolute atomic E-state index is 0.0642. The standard InChI is InChI=1S/C26H39N9O3/c1-3-4-18(5-7-36)30-25-24-21(31-26(27)32-25)12-29-35(24)16-22-23(38-2)9-17(11-28-22)13-34-15-19-10-20(34)14-33(19)6-8-37/h9,11-12,18-20,36-37H,3-8,10,13-16H2,1-2H3,(H3,27,30,31,32)/t18-,19+,20+/m0/s1. The van der Waals surface area contributed by atoms with Crippen molar-refractivity contribution in [2.24, 2.45) is 0 Å². The minimum atomic E-state index is 0.0642. The number of aliphatic hydroxyl groups excluding tert-OH is 2. The number of hydrogen-bond acceptors (Lipinski definition) is 11. The van der Waals surface area contributed by atoms with Crippen molar-refractivity contribution in [3.63, 3.8) is 0 Å². The van der Waals surface area contributed by atoms with Gasteiger partial charge in [-0.25, -0.2) is 4.98 Å². The Morgan fingerprint density at radius 1 is 1.11 bits per heavy atom. The summed E-state index contributed by atoms with van der Waals surface area (Å²) in [6, 6.07) is 3.18. The van der Waals surface area contributed by atoms with E-state index in [1.165, 1.54) is 0 Å². The van der Waals surface area contributed by atoms with Gasteiger partial charge in [0.2, 0.25) is 5.95 Å². The van der Waals surface area contributed by atoms with Gasteiger partial charge in [-0.1, -0.05) is 13.3 Å². The molecule has 0 radical (unpaired) electrons. The summed E-state index contributed by atoms with van der Waals surface area (Å²) in [7, 11) is 1.66. The van der Waals surface area contributed by atoms with E-state index in [9.17, 15) is 10.2 Å². The van der Waals surface area contributed by atoms with Gasteiger partial charge in [0.05, 0.1) is 26.5 Å². The van der Waals surface area contributed by atoms with E-state index in [-0.39, 0.29) is 25.2 Å². The number of ether oxygens (including phenoxy) is 1. The molecule has 0 unspecified atom stereocenters. The quantitative estimate of drug-likeness (QED) is 0.254. The average molecular weight is 526 g/mol. The van der Waals surface area contributed by atoms with E-state index in [4.69, 9.17) is 15.5 Å². The Balaban J connectivity index is 1.34. The van der Waals surface area contributed by atoms with E-state index < -0.39 is 0 Å². The zero-order chi connectivity index (χ0) is 26.6. The second kappa shape index (κ2) is 11.8. The van der Waals surface area contributed by atoms with Gasteiger partial charge in [-0.2, -0.15) is 10.1 Å². The van der Waals surface area contributed by atoms with Crippen molar-refractivity contribution in [3.05, 3.63) is 29.7 Å². The zero-order valence-corrected chi connectivity index (χ0v) is 22.3. The summed E-state index contributed by atoms with van der Waals surface area (Å²) in [5.41, 5.74) is 9.25. The van der Waals surface area contributed by atoms with Crippen LogP contribution < -0.4 is 15.8 Å². The Hall–Kier alpha value is -3.06. The maximum Gasteiger partial charge on any atom is 0.222 e. The third kappa shape index (κ3) is 5.53. The number of hydrogen-bond donors (Lipinski definition) is 4. The van der Waals surface area contributed by atoms with Gasteiger partial charge in [-0.15, -0.1) is 0 Å². The number of piperazine rings is 1. The van der Waals surface area contributed by atoms with Crippen LogP contribution in [0.3, 0.4) is 0 Å². The number of β-amino-alcohol motifs (C(OH)–C–C–N with tert-alkyl or cyclic N) is 1. The van der Waals surface area contributed by atoms with E-state index in [0.29, 0.717) is 42.1 Å². The van der Waals surface area contributed by atoms with E-state index in [2.05, 4.69) is 43.2 Å². The lowest BCUT2D eigenvalue weighted by molar-refractivity contribution is 0.105. The maximum absolute atomic E-state index is 9.50. The number of likely N-dealkylation sites (tertiary alicyclic amines) is 2. The van der Waals surface area contributed by atoms with Crippen molar-refractivity contribution in [2.75, 3.05) is 51.0 Å². The minimum Gasteiger partial charge on any atom is -0.495 e. The largest absolute Gasteiger partial charge is 0.495 e. The number of fused-ring (bicyclic) bond motifs is 3. The van der Waals surface area contributed by atoms with Crippen molar-refractivity contribution in [1.29, 1.82) is 0 Å². The molecule has 0 saturated carbocycles. The normalized spacial score (nSPS) is 20.4. The molecule has 0 aliphatic carbocycles. The van der Waals surface area contributed by atoms with Gasteiger partial charge in [0.25, 0.3) is 0 Å². The van der Waals surface area contributed by atoms with Crippen molar-refractivity contribution >= 4 is 22.8 Å². The molecule has 3 aromatic rings. The molecule has 2 fully saturated rings. The highest BCUT2D eigenvalue weighted by Gasteiger charge is 2.42. The first-order valence-electron chi connectivity index (χ1n) is 13.5. The molecule has 12 nitrogen and oxygen atoms in total. The third-order valence-corrected chi connectivity index (χ3v) is 7.71. The lowest BCUT2D eigenvalue weighted by Gasteiger charge is -2.33. The van der Waals surface area contributed by atoms with Crippen LogP contribution in [0.5, 0.6) is 5.75 Å². The highest BCUT2D eigenvalue weighted by atomic mass is 16.5. The highest BCUT2D eigenvalue weighted by molar-refractivity contribution is 5.86. The first kappa shape index (κ1) is 26.5. The number of aliphatic hydroxyl groups is 2. The lowest BCUT2D eigenvalue weighted by Crippen LogP contribution is -2.46. The monoisotopic (exact) mass is 525 g/mol. The predicted octanol–water partition coefficient (Wildman–Crippen LogP) is 1.07. The molecular weight excluding hydrogens is 486 g/mol.